The molecule has 2 unspecified atom stereocenters. The Morgan fingerprint density at radius 2 is 2.11 bits per heavy atom. The van der Waals surface area contributed by atoms with Crippen molar-refractivity contribution in [2.75, 3.05) is 18.6 Å². The molecule has 3 heteroatoms. The summed E-state index contributed by atoms with van der Waals surface area (Å²) >= 11 is 0. The average Bonchev–Trinajstić information content (AvgIpc) is 2.40. The molecule has 2 rings (SSSR count). The lowest BCUT2D eigenvalue weighted by Gasteiger charge is -2.41. The fraction of sp³-hybridized carbons (Fsp3) is 0.625. The van der Waals surface area contributed by atoms with Crippen LogP contribution in [0.3, 0.4) is 0 Å². The van der Waals surface area contributed by atoms with Crippen molar-refractivity contribution in [2.24, 2.45) is 5.92 Å². The molecule has 0 aromatic heterocycles. The fourth-order valence-electron chi connectivity index (χ4n) is 3.06. The smallest absolute Gasteiger partial charge is 0.126 e. The number of aliphatic hydroxyl groups is 1. The Balaban J connectivity index is 2.43. The molecule has 106 valence electrons. The van der Waals surface area contributed by atoms with E-state index in [-0.39, 0.29) is 0 Å². The summed E-state index contributed by atoms with van der Waals surface area (Å²) in [7, 11) is 1.66. The average molecular weight is 263 g/mol. The molecular formula is C16H25NO2. The molecule has 0 radical (unpaired) electrons. The minimum atomic E-state index is -0.518. The van der Waals surface area contributed by atoms with Gasteiger partial charge in [0.1, 0.15) is 5.75 Å². The second-order valence-corrected chi connectivity index (χ2v) is 5.62. The number of rotatable bonds is 3. The van der Waals surface area contributed by atoms with Gasteiger partial charge in [-0.1, -0.05) is 13.0 Å². The zero-order valence-corrected chi connectivity index (χ0v) is 12.4. The van der Waals surface area contributed by atoms with E-state index in [4.69, 9.17) is 4.74 Å². The van der Waals surface area contributed by atoms with Crippen molar-refractivity contribution in [1.82, 2.24) is 0 Å². The van der Waals surface area contributed by atoms with Gasteiger partial charge in [0, 0.05) is 23.8 Å². The number of anilines is 1. The molecule has 0 saturated carbocycles. The van der Waals surface area contributed by atoms with Gasteiger partial charge < -0.3 is 14.7 Å². The van der Waals surface area contributed by atoms with Gasteiger partial charge >= 0.3 is 0 Å². The summed E-state index contributed by atoms with van der Waals surface area (Å²) in [6.45, 7) is 7.44. The van der Waals surface area contributed by atoms with Crippen molar-refractivity contribution in [1.29, 1.82) is 0 Å². The lowest BCUT2D eigenvalue weighted by Crippen LogP contribution is -2.43. The predicted molar refractivity (Wildman–Crippen MR) is 78.8 cm³/mol. The molecule has 0 bridgehead atoms. The Morgan fingerprint density at radius 1 is 1.37 bits per heavy atom. The van der Waals surface area contributed by atoms with Crippen molar-refractivity contribution in [3.63, 3.8) is 0 Å². The third-order valence-electron chi connectivity index (χ3n) is 4.36. The van der Waals surface area contributed by atoms with Gasteiger partial charge in [-0.3, -0.25) is 0 Å². The maximum atomic E-state index is 10.1. The van der Waals surface area contributed by atoms with Gasteiger partial charge in [-0.25, -0.2) is 0 Å². The third-order valence-corrected chi connectivity index (χ3v) is 4.36. The SMILES string of the molecule is COc1cccc(N2CCCC(C)C2C)c1[C@@H](C)O. The summed E-state index contributed by atoms with van der Waals surface area (Å²) in [5.74, 6) is 1.46. The summed E-state index contributed by atoms with van der Waals surface area (Å²) in [6, 6.07) is 6.52. The first-order valence-electron chi connectivity index (χ1n) is 7.17. The van der Waals surface area contributed by atoms with E-state index in [1.54, 1.807) is 14.0 Å². The van der Waals surface area contributed by atoms with E-state index < -0.39 is 6.10 Å². The number of ether oxygens (including phenoxy) is 1. The van der Waals surface area contributed by atoms with Crippen molar-refractivity contribution in [3.05, 3.63) is 23.8 Å². The van der Waals surface area contributed by atoms with Gasteiger partial charge in [-0.2, -0.15) is 0 Å². The molecule has 1 saturated heterocycles. The molecule has 19 heavy (non-hydrogen) atoms. The van der Waals surface area contributed by atoms with Gasteiger partial charge in [0.25, 0.3) is 0 Å². The molecule has 1 N–H and O–H groups in total. The highest BCUT2D eigenvalue weighted by Crippen LogP contribution is 2.38. The van der Waals surface area contributed by atoms with Crippen LogP contribution in [0.4, 0.5) is 5.69 Å². The van der Waals surface area contributed by atoms with Gasteiger partial charge in [0.2, 0.25) is 0 Å². The minimum absolute atomic E-state index is 0.498. The zero-order valence-electron chi connectivity index (χ0n) is 12.4. The molecule has 1 aliphatic rings. The maximum Gasteiger partial charge on any atom is 0.126 e. The second-order valence-electron chi connectivity index (χ2n) is 5.62. The summed E-state index contributed by atoms with van der Waals surface area (Å²) in [6.07, 6.45) is 1.98. The molecule has 0 spiro atoms. The summed E-state index contributed by atoms with van der Waals surface area (Å²) < 4.78 is 5.41. The van der Waals surface area contributed by atoms with E-state index in [0.717, 1.165) is 23.5 Å². The number of nitrogens with zero attached hydrogens (tertiary/aromatic N) is 1. The van der Waals surface area contributed by atoms with Crippen LogP contribution < -0.4 is 9.64 Å². The number of hydrogen-bond acceptors (Lipinski definition) is 3. The van der Waals surface area contributed by atoms with Crippen molar-refractivity contribution in [2.45, 2.75) is 45.8 Å². The standard InChI is InChI=1S/C16H25NO2/c1-11-7-6-10-17(12(11)2)14-8-5-9-15(19-4)16(14)13(3)18/h5,8-9,11-13,18H,6-7,10H2,1-4H3/t11?,12?,13-/m1/s1. The normalized spacial score (nSPS) is 25.2. The van der Waals surface area contributed by atoms with E-state index >= 15 is 0 Å². The quantitative estimate of drug-likeness (QED) is 0.907. The number of hydrogen-bond donors (Lipinski definition) is 1. The van der Waals surface area contributed by atoms with E-state index in [1.807, 2.05) is 12.1 Å². The summed E-state index contributed by atoms with van der Waals surface area (Å²) in [5.41, 5.74) is 2.03. The highest BCUT2D eigenvalue weighted by molar-refractivity contribution is 5.61. The number of methoxy groups -OCH3 is 1. The van der Waals surface area contributed by atoms with Crippen LogP contribution in [0.2, 0.25) is 0 Å². The molecule has 1 heterocycles. The Kier molecular flexibility index (Phi) is 4.35. The Labute approximate surface area is 116 Å². The van der Waals surface area contributed by atoms with Gasteiger partial charge in [-0.15, -0.1) is 0 Å². The Bertz CT molecular complexity index is 431. The molecular weight excluding hydrogens is 238 g/mol. The van der Waals surface area contributed by atoms with Crippen LogP contribution in [-0.4, -0.2) is 24.8 Å². The van der Waals surface area contributed by atoms with Crippen LogP contribution in [0.15, 0.2) is 18.2 Å². The van der Waals surface area contributed by atoms with Gasteiger partial charge in [-0.05, 0) is 44.7 Å². The van der Waals surface area contributed by atoms with Crippen molar-refractivity contribution in [3.8, 4) is 5.75 Å². The number of benzene rings is 1. The first-order chi connectivity index (χ1) is 9.06. The van der Waals surface area contributed by atoms with Crippen LogP contribution in [0.5, 0.6) is 5.75 Å². The van der Waals surface area contributed by atoms with Crippen molar-refractivity contribution >= 4 is 5.69 Å². The Morgan fingerprint density at radius 3 is 2.74 bits per heavy atom. The molecule has 0 aliphatic carbocycles. The van der Waals surface area contributed by atoms with E-state index in [0.29, 0.717) is 12.0 Å². The highest BCUT2D eigenvalue weighted by atomic mass is 16.5. The highest BCUT2D eigenvalue weighted by Gasteiger charge is 2.28. The van der Waals surface area contributed by atoms with Crippen LogP contribution in [0.25, 0.3) is 0 Å². The first kappa shape index (κ1) is 14.2. The van der Waals surface area contributed by atoms with E-state index in [1.165, 1.54) is 12.8 Å². The third kappa shape index (κ3) is 2.71. The zero-order chi connectivity index (χ0) is 14.0. The molecule has 1 aromatic rings. The maximum absolute atomic E-state index is 10.1. The summed E-state index contributed by atoms with van der Waals surface area (Å²) in [4.78, 5) is 2.42. The Hall–Kier alpha value is -1.22. The molecule has 3 atom stereocenters. The van der Waals surface area contributed by atoms with E-state index in [2.05, 4.69) is 24.8 Å². The number of aliphatic hydroxyl groups excluding tert-OH is 1. The lowest BCUT2D eigenvalue weighted by molar-refractivity contribution is 0.194. The molecule has 1 fully saturated rings. The van der Waals surface area contributed by atoms with Gasteiger partial charge in [0.15, 0.2) is 0 Å². The van der Waals surface area contributed by atoms with Crippen molar-refractivity contribution < 1.29 is 9.84 Å². The van der Waals surface area contributed by atoms with Crippen LogP contribution in [0.1, 0.15) is 45.3 Å². The lowest BCUT2D eigenvalue weighted by atomic mass is 9.90. The largest absolute Gasteiger partial charge is 0.496 e. The molecule has 3 nitrogen and oxygen atoms in total. The van der Waals surface area contributed by atoms with Crippen LogP contribution in [-0.2, 0) is 0 Å². The molecule has 1 aliphatic heterocycles. The predicted octanol–water partition coefficient (Wildman–Crippen LogP) is 3.37. The topological polar surface area (TPSA) is 32.7 Å². The summed E-state index contributed by atoms with van der Waals surface area (Å²) in [5, 5.41) is 10.1. The van der Waals surface area contributed by atoms with Crippen LogP contribution >= 0.6 is 0 Å². The molecule has 0 amide bonds. The monoisotopic (exact) mass is 263 g/mol. The second kappa shape index (κ2) is 5.83. The first-order valence-corrected chi connectivity index (χ1v) is 7.17. The minimum Gasteiger partial charge on any atom is -0.496 e. The van der Waals surface area contributed by atoms with Crippen LogP contribution in [0, 0.1) is 5.92 Å². The molecule has 1 aromatic carbocycles. The fourth-order valence-corrected chi connectivity index (χ4v) is 3.06. The van der Waals surface area contributed by atoms with Gasteiger partial charge in [0.05, 0.1) is 13.2 Å². The van der Waals surface area contributed by atoms with E-state index in [9.17, 15) is 5.11 Å². The number of piperidine rings is 1.